The van der Waals surface area contributed by atoms with Crippen LogP contribution in [0.2, 0.25) is 0 Å². The van der Waals surface area contributed by atoms with Gasteiger partial charge < -0.3 is 66.0 Å². The SMILES string of the molecule is CC[C@H](NC(=O)C(C[C@H](C)CCCCCCNC(=O)OC(C)(C)C)N(C)C(=O)CC(C)C)C(=O)N(C)CC(=O)N(C)[C@@H](CC(C)C)C(=O)N[C@H](C(=O)N(C)[C@@H](CC(C)C)C(=O)NC(C)C(=O)N[C@@H](C)C(=O)N(C)[C@@H](CC(C)C)C(=O)N(C)CC(=O)NC)C(C)C. The molecule has 2 unspecified atom stereocenters. The van der Waals surface area contributed by atoms with Gasteiger partial charge >= 0.3 is 6.09 Å². The Hall–Kier alpha value is -6.56. The second-order valence-corrected chi connectivity index (χ2v) is 27.7. The summed E-state index contributed by atoms with van der Waals surface area (Å²) in [5.41, 5.74) is -0.579. The van der Waals surface area contributed by atoms with Crippen LogP contribution >= 0.6 is 0 Å². The van der Waals surface area contributed by atoms with Gasteiger partial charge in [0, 0.05) is 62.3 Å². The Morgan fingerprint density at radius 2 is 0.911 bits per heavy atom. The number of rotatable bonds is 39. The third-order valence-electron chi connectivity index (χ3n) is 15.6. The maximum atomic E-state index is 14.6. The predicted octanol–water partition coefficient (Wildman–Crippen LogP) is 4.69. The third-order valence-corrected chi connectivity index (χ3v) is 15.6. The van der Waals surface area contributed by atoms with E-state index < -0.39 is 126 Å². The number of alkyl carbamates (subject to hydrolysis) is 1. The van der Waals surface area contributed by atoms with E-state index in [2.05, 4.69) is 31.9 Å². The number of hydrogen-bond donors (Lipinski definition) is 6. The van der Waals surface area contributed by atoms with Gasteiger partial charge in [-0.2, -0.15) is 0 Å². The molecular formula is C65H120N12O13. The van der Waals surface area contributed by atoms with Crippen molar-refractivity contribution in [2.75, 3.05) is 69.0 Å². The second-order valence-electron chi connectivity index (χ2n) is 27.7. The van der Waals surface area contributed by atoms with Gasteiger partial charge in [-0.25, -0.2) is 4.79 Å². The van der Waals surface area contributed by atoms with Crippen molar-refractivity contribution in [3.63, 3.8) is 0 Å². The summed E-state index contributed by atoms with van der Waals surface area (Å²) in [7, 11) is 10.3. The molecule has 0 aliphatic carbocycles. The highest BCUT2D eigenvalue weighted by molar-refractivity contribution is 5.98. The van der Waals surface area contributed by atoms with Crippen LogP contribution in [0.5, 0.6) is 0 Å². The van der Waals surface area contributed by atoms with Gasteiger partial charge in [0.1, 0.15) is 53.9 Å². The summed E-state index contributed by atoms with van der Waals surface area (Å²) in [5.74, 6) is -6.56. The molecule has 0 aromatic heterocycles. The fourth-order valence-electron chi connectivity index (χ4n) is 10.2. The molecule has 0 aliphatic heterocycles. The Morgan fingerprint density at radius 3 is 1.41 bits per heavy atom. The smallest absolute Gasteiger partial charge is 0.407 e. The zero-order valence-electron chi connectivity index (χ0n) is 59.5. The van der Waals surface area contributed by atoms with E-state index in [1.165, 1.54) is 85.5 Å². The quantitative estimate of drug-likeness (QED) is 0.0456. The molecule has 0 fully saturated rings. The highest BCUT2D eigenvalue weighted by Gasteiger charge is 2.40. The first-order valence-corrected chi connectivity index (χ1v) is 32.5. The molecule has 0 saturated heterocycles. The van der Waals surface area contributed by atoms with Crippen molar-refractivity contribution in [1.29, 1.82) is 0 Å². The first-order chi connectivity index (χ1) is 41.5. The van der Waals surface area contributed by atoms with Crippen LogP contribution in [0.4, 0.5) is 4.79 Å². The van der Waals surface area contributed by atoms with E-state index in [0.717, 1.165) is 32.1 Å². The Morgan fingerprint density at radius 1 is 0.456 bits per heavy atom. The highest BCUT2D eigenvalue weighted by Crippen LogP contribution is 2.22. The molecule has 9 atom stereocenters. The maximum Gasteiger partial charge on any atom is 0.407 e. The van der Waals surface area contributed by atoms with Crippen LogP contribution in [0.1, 0.15) is 188 Å². The van der Waals surface area contributed by atoms with Gasteiger partial charge in [-0.05, 0) is 109 Å². The van der Waals surface area contributed by atoms with E-state index >= 15 is 0 Å². The van der Waals surface area contributed by atoms with E-state index in [1.54, 1.807) is 27.8 Å². The lowest BCUT2D eigenvalue weighted by Crippen LogP contribution is -2.60. The number of ether oxygens (including phenoxy) is 1. The maximum absolute atomic E-state index is 14.6. The number of amides is 12. The van der Waals surface area contributed by atoms with Gasteiger partial charge in [-0.1, -0.05) is 109 Å². The summed E-state index contributed by atoms with van der Waals surface area (Å²) in [4.78, 5) is 172. The van der Waals surface area contributed by atoms with Gasteiger partial charge in [0.05, 0.1) is 13.1 Å². The van der Waals surface area contributed by atoms with Crippen molar-refractivity contribution in [3.8, 4) is 0 Å². The highest BCUT2D eigenvalue weighted by atomic mass is 16.6. The molecule has 0 radical (unpaired) electrons. The van der Waals surface area contributed by atoms with Gasteiger partial charge in [0.25, 0.3) is 0 Å². The van der Waals surface area contributed by atoms with Gasteiger partial charge in [-0.15, -0.1) is 0 Å². The van der Waals surface area contributed by atoms with E-state index in [1.807, 2.05) is 83.1 Å². The van der Waals surface area contributed by atoms with Crippen LogP contribution in [-0.2, 0) is 57.5 Å². The number of carbonyl (C=O) groups is 12. The monoisotopic (exact) mass is 1280 g/mol. The molecule has 0 aromatic rings. The van der Waals surface area contributed by atoms with Crippen LogP contribution < -0.4 is 31.9 Å². The standard InChI is InChI=1S/C65H120N12O13/c1-25-47(70-58(83)50(74(21)53(79)35-42(8)9)36-44(12)30-28-26-27-29-31-67-64(89)90-65(15,16)17)61(86)73(20)38-54(80)75(22)48(32-39(2)3)59(84)71-55(43(10)11)63(88)76(23)49(33-40(4)5)57(82)68-45(13)56(81)69-46(14)60(85)77(24)51(34-41(6)7)62(87)72(19)37-52(78)66-18/h39-51,55H,25-38H2,1-24H3,(H,66,78)(H,67,89)(H,68,82)(H,69,81)(H,70,83)(H,71,84)/t44-,45?,46+,47+,48+,49+,50?,51+,55+/m1/s1. The summed E-state index contributed by atoms with van der Waals surface area (Å²) in [6.45, 7) is 30.4. The molecule has 90 heavy (non-hydrogen) atoms. The molecule has 25 nitrogen and oxygen atoms in total. The van der Waals surface area contributed by atoms with E-state index in [4.69, 9.17) is 4.74 Å². The van der Waals surface area contributed by atoms with Crippen molar-refractivity contribution >= 4 is 71.1 Å². The summed E-state index contributed by atoms with van der Waals surface area (Å²) < 4.78 is 5.30. The van der Waals surface area contributed by atoms with Crippen LogP contribution in [0.15, 0.2) is 0 Å². The molecule has 0 rings (SSSR count). The molecule has 0 saturated carbocycles. The second kappa shape index (κ2) is 40.3. The number of nitrogens with one attached hydrogen (secondary N) is 6. The minimum Gasteiger partial charge on any atom is -0.444 e. The molecule has 0 spiro atoms. The van der Waals surface area contributed by atoms with Gasteiger partial charge in [-0.3, -0.25) is 52.7 Å². The largest absolute Gasteiger partial charge is 0.444 e. The number of nitrogens with zero attached hydrogens (tertiary/aromatic N) is 6. The van der Waals surface area contributed by atoms with Crippen molar-refractivity contribution in [1.82, 2.24) is 61.3 Å². The first kappa shape index (κ1) is 83.4. The van der Waals surface area contributed by atoms with Crippen molar-refractivity contribution in [2.24, 2.45) is 35.5 Å². The molecule has 6 N–H and O–H groups in total. The van der Waals surface area contributed by atoms with Crippen molar-refractivity contribution in [2.45, 2.75) is 242 Å². The van der Waals surface area contributed by atoms with E-state index in [-0.39, 0.29) is 80.1 Å². The molecule has 12 amide bonds. The van der Waals surface area contributed by atoms with Gasteiger partial charge in [0.15, 0.2) is 0 Å². The van der Waals surface area contributed by atoms with Gasteiger partial charge in [0.2, 0.25) is 65.0 Å². The Labute approximate surface area is 539 Å². The number of unbranched alkanes of at least 4 members (excludes halogenated alkanes) is 3. The lowest BCUT2D eigenvalue weighted by atomic mass is 9.93. The Kier molecular flexibility index (Phi) is 37.4. The summed E-state index contributed by atoms with van der Waals surface area (Å²) in [6.07, 6.45) is 5.15. The molecule has 0 bridgehead atoms. The average Bonchev–Trinajstić information content (AvgIpc) is 0.983. The van der Waals surface area contributed by atoms with E-state index in [0.29, 0.717) is 13.0 Å². The lowest BCUT2D eigenvalue weighted by molar-refractivity contribution is -0.147. The average molecular weight is 1280 g/mol. The Bertz CT molecular complexity index is 2360. The van der Waals surface area contributed by atoms with Crippen LogP contribution in [0, 0.1) is 35.5 Å². The minimum absolute atomic E-state index is 0.00689. The fourth-order valence-corrected chi connectivity index (χ4v) is 10.2. The lowest BCUT2D eigenvalue weighted by Gasteiger charge is -2.36. The van der Waals surface area contributed by atoms with E-state index in [9.17, 15) is 57.5 Å². The van der Waals surface area contributed by atoms with Crippen LogP contribution in [0.25, 0.3) is 0 Å². The summed E-state index contributed by atoms with van der Waals surface area (Å²) in [6, 6.07) is -8.60. The molecule has 518 valence electrons. The number of carbonyl (C=O) groups excluding carboxylic acids is 12. The molecule has 0 aliphatic rings. The third kappa shape index (κ3) is 30.0. The zero-order chi connectivity index (χ0) is 69.8. The number of hydrogen-bond acceptors (Lipinski definition) is 13. The van der Waals surface area contributed by atoms with Crippen molar-refractivity contribution in [3.05, 3.63) is 0 Å². The summed E-state index contributed by atoms with van der Waals surface area (Å²) in [5, 5.41) is 16.3. The molecule has 0 heterocycles. The normalized spacial score (nSPS) is 14.6. The fraction of sp³-hybridized carbons (Fsp3) is 0.815. The zero-order valence-corrected chi connectivity index (χ0v) is 59.5. The predicted molar refractivity (Wildman–Crippen MR) is 349 cm³/mol. The topological polar surface area (TPSA) is 306 Å². The minimum atomic E-state index is -1.19. The molecule has 0 aromatic carbocycles. The van der Waals surface area contributed by atoms with Crippen LogP contribution in [-0.4, -0.2) is 223 Å². The molecule has 25 heteroatoms. The number of likely N-dealkylation sites (N-methyl/N-ethyl adjacent to an activating group) is 7. The van der Waals surface area contributed by atoms with Crippen molar-refractivity contribution < 1.29 is 62.3 Å². The Balaban J connectivity index is 6.31. The summed E-state index contributed by atoms with van der Waals surface area (Å²) >= 11 is 0. The first-order valence-electron chi connectivity index (χ1n) is 32.5. The molecular weight excluding hydrogens is 1160 g/mol. The van der Waals surface area contributed by atoms with Crippen LogP contribution in [0.3, 0.4) is 0 Å².